The van der Waals surface area contributed by atoms with Gasteiger partial charge in [0.25, 0.3) is 0 Å². The second-order valence-corrected chi connectivity index (χ2v) is 10.2. The zero-order valence-electron chi connectivity index (χ0n) is 20.9. The highest BCUT2D eigenvalue weighted by molar-refractivity contribution is 6.04. The number of fused-ring (bicyclic) bond motifs is 2. The minimum absolute atomic E-state index is 0.132. The molecule has 0 bridgehead atoms. The third-order valence-corrected chi connectivity index (χ3v) is 6.52. The Balaban J connectivity index is 1.69. The molecular weight excluding hydrogens is 460 g/mol. The molecule has 5 heteroatoms. The van der Waals surface area contributed by atoms with Gasteiger partial charge in [-0.3, -0.25) is 0 Å². The zero-order valence-corrected chi connectivity index (χ0v) is 20.9. The summed E-state index contributed by atoms with van der Waals surface area (Å²) in [6.45, 7) is 6.42. The van der Waals surface area contributed by atoms with Crippen LogP contribution in [0.25, 0.3) is 32.7 Å². The Bertz CT molecular complexity index is 1740. The third kappa shape index (κ3) is 4.57. The summed E-state index contributed by atoms with van der Waals surface area (Å²) in [4.78, 5) is 12.4. The first-order chi connectivity index (χ1) is 17.6. The van der Waals surface area contributed by atoms with E-state index in [0.29, 0.717) is 33.9 Å². The molecule has 0 aliphatic carbocycles. The first kappa shape index (κ1) is 23.9. The van der Waals surface area contributed by atoms with Gasteiger partial charge in [-0.25, -0.2) is 4.79 Å². The van der Waals surface area contributed by atoms with Gasteiger partial charge in [-0.05, 0) is 87.1 Å². The van der Waals surface area contributed by atoms with E-state index in [1.165, 1.54) is 0 Å². The van der Waals surface area contributed by atoms with Gasteiger partial charge in [-0.2, -0.15) is 5.26 Å². The van der Waals surface area contributed by atoms with Crippen molar-refractivity contribution in [1.82, 2.24) is 0 Å². The molecule has 3 N–H and O–H groups in total. The van der Waals surface area contributed by atoms with Gasteiger partial charge in [-0.1, -0.05) is 51.1 Å². The first-order valence-corrected chi connectivity index (χ1v) is 12.0. The number of rotatable bonds is 4. The molecule has 0 saturated carbocycles. The van der Waals surface area contributed by atoms with E-state index in [9.17, 15) is 15.2 Å². The molecule has 0 heterocycles. The highest BCUT2D eigenvalue weighted by atomic mass is 16.5. The third-order valence-electron chi connectivity index (χ3n) is 6.52. The molecule has 182 valence electrons. The van der Waals surface area contributed by atoms with Crippen LogP contribution in [-0.4, -0.2) is 11.1 Å². The lowest BCUT2D eigenvalue weighted by atomic mass is 9.82. The average Bonchev–Trinajstić information content (AvgIpc) is 2.87. The van der Waals surface area contributed by atoms with Crippen LogP contribution in [0.3, 0.4) is 0 Å². The topological polar surface area (TPSA) is 96.3 Å². The molecule has 0 aliphatic rings. The maximum atomic E-state index is 12.4. The Morgan fingerprint density at radius 3 is 2.35 bits per heavy atom. The molecule has 0 saturated heterocycles. The fourth-order valence-electron chi connectivity index (χ4n) is 4.71. The van der Waals surface area contributed by atoms with E-state index in [0.717, 1.165) is 27.1 Å². The predicted octanol–water partition coefficient (Wildman–Crippen LogP) is 7.90. The van der Waals surface area contributed by atoms with Crippen LogP contribution in [0.5, 0.6) is 11.5 Å². The summed E-state index contributed by atoms with van der Waals surface area (Å²) in [7, 11) is 0. The average molecular weight is 487 g/mol. The Morgan fingerprint density at radius 1 is 0.865 bits per heavy atom. The molecule has 0 unspecified atom stereocenters. The number of carbonyl (C=O) groups is 1. The number of ether oxygens (including phenoxy) is 1. The summed E-state index contributed by atoms with van der Waals surface area (Å²) < 4.78 is 6.31. The van der Waals surface area contributed by atoms with Crippen molar-refractivity contribution >= 4 is 33.2 Å². The molecule has 0 atom stereocenters. The van der Waals surface area contributed by atoms with Crippen LogP contribution < -0.4 is 10.5 Å². The molecular formula is C32H26N2O3. The molecule has 0 spiro atoms. The Morgan fingerprint density at radius 2 is 1.62 bits per heavy atom. The van der Waals surface area contributed by atoms with Crippen molar-refractivity contribution in [3.05, 3.63) is 102 Å². The van der Waals surface area contributed by atoms with Gasteiger partial charge in [0.05, 0.1) is 17.2 Å². The maximum Gasteiger partial charge on any atom is 0.336 e. The predicted molar refractivity (Wildman–Crippen MR) is 148 cm³/mol. The molecule has 0 radical (unpaired) electrons. The fourth-order valence-corrected chi connectivity index (χ4v) is 4.71. The van der Waals surface area contributed by atoms with Gasteiger partial charge in [-0.15, -0.1) is 0 Å². The molecule has 5 rings (SSSR count). The van der Waals surface area contributed by atoms with Crippen molar-refractivity contribution in [2.75, 3.05) is 5.73 Å². The number of carboxylic acids is 1. The van der Waals surface area contributed by atoms with Gasteiger partial charge < -0.3 is 15.6 Å². The lowest BCUT2D eigenvalue weighted by Gasteiger charge is -2.22. The second-order valence-electron chi connectivity index (χ2n) is 10.2. The van der Waals surface area contributed by atoms with Crippen molar-refractivity contribution in [3.63, 3.8) is 0 Å². The number of nitrogens with two attached hydrogens (primary N) is 1. The molecule has 37 heavy (non-hydrogen) atoms. The number of hydrogen-bond donors (Lipinski definition) is 2. The van der Waals surface area contributed by atoms with Crippen LogP contribution in [0, 0.1) is 11.3 Å². The van der Waals surface area contributed by atoms with E-state index in [1.807, 2.05) is 48.5 Å². The molecule has 5 nitrogen and oxygen atoms in total. The van der Waals surface area contributed by atoms with Gasteiger partial charge in [0.1, 0.15) is 11.5 Å². The van der Waals surface area contributed by atoms with E-state index in [1.54, 1.807) is 30.3 Å². The summed E-state index contributed by atoms with van der Waals surface area (Å²) in [5.74, 6) is 0.0685. The quantitative estimate of drug-likeness (QED) is 0.252. The van der Waals surface area contributed by atoms with Crippen molar-refractivity contribution in [2.24, 2.45) is 0 Å². The van der Waals surface area contributed by atoms with E-state index in [-0.39, 0.29) is 11.0 Å². The monoisotopic (exact) mass is 486 g/mol. The molecule has 0 fully saturated rings. The number of nitrogens with zero attached hydrogens (tertiary/aromatic N) is 1. The number of benzene rings is 5. The highest BCUT2D eigenvalue weighted by Crippen LogP contribution is 2.41. The van der Waals surface area contributed by atoms with Crippen molar-refractivity contribution in [3.8, 4) is 28.7 Å². The number of carboxylic acid groups (broad SMARTS) is 1. The minimum atomic E-state index is -1.02. The summed E-state index contributed by atoms with van der Waals surface area (Å²) in [6, 6.07) is 28.1. The largest absolute Gasteiger partial charge is 0.478 e. The van der Waals surface area contributed by atoms with Gasteiger partial charge >= 0.3 is 5.97 Å². The first-order valence-electron chi connectivity index (χ1n) is 12.0. The van der Waals surface area contributed by atoms with Crippen LogP contribution in [0.2, 0.25) is 0 Å². The lowest BCUT2D eigenvalue weighted by Crippen LogP contribution is -2.12. The summed E-state index contributed by atoms with van der Waals surface area (Å²) in [5, 5.41) is 23.0. The molecule has 5 aromatic rings. The Hall–Kier alpha value is -4.82. The van der Waals surface area contributed by atoms with Crippen LogP contribution in [0.15, 0.2) is 84.9 Å². The van der Waals surface area contributed by atoms with Crippen LogP contribution in [0.1, 0.15) is 42.3 Å². The standard InChI is InChI=1S/C32H26N2O3/c1-32(2,3)29-6-4-5-22-15-28(31(35)36)26(17-25(22)29)27-16-23(34)10-12-30(27)37-24-11-9-20-13-19(18-33)7-8-21(20)14-24/h4-17H,34H2,1-3H3,(H,35,36). The van der Waals surface area contributed by atoms with Crippen molar-refractivity contribution in [1.29, 1.82) is 5.26 Å². The number of nitrogen functional groups attached to an aromatic ring is 1. The maximum absolute atomic E-state index is 12.4. The van der Waals surface area contributed by atoms with Crippen molar-refractivity contribution < 1.29 is 14.6 Å². The normalized spacial score (nSPS) is 11.4. The summed E-state index contributed by atoms with van der Waals surface area (Å²) in [6.07, 6.45) is 0. The summed E-state index contributed by atoms with van der Waals surface area (Å²) in [5.41, 5.74) is 9.58. The summed E-state index contributed by atoms with van der Waals surface area (Å²) >= 11 is 0. The molecule has 5 aromatic carbocycles. The van der Waals surface area contributed by atoms with E-state index >= 15 is 0 Å². The van der Waals surface area contributed by atoms with Crippen LogP contribution >= 0.6 is 0 Å². The van der Waals surface area contributed by atoms with E-state index in [2.05, 4.69) is 32.9 Å². The molecule has 0 aromatic heterocycles. The van der Waals surface area contributed by atoms with Gasteiger partial charge in [0, 0.05) is 16.8 Å². The smallest absolute Gasteiger partial charge is 0.336 e. The van der Waals surface area contributed by atoms with E-state index < -0.39 is 5.97 Å². The van der Waals surface area contributed by atoms with E-state index in [4.69, 9.17) is 10.5 Å². The molecule has 0 aliphatic heterocycles. The Labute approximate surface area is 215 Å². The minimum Gasteiger partial charge on any atom is -0.478 e. The lowest BCUT2D eigenvalue weighted by molar-refractivity contribution is 0.0698. The SMILES string of the molecule is CC(C)(C)c1cccc2cc(C(=O)O)c(-c3cc(N)ccc3Oc3ccc4cc(C#N)ccc4c3)cc12. The second kappa shape index (κ2) is 9.00. The fraction of sp³-hybridized carbons (Fsp3) is 0.125. The number of anilines is 1. The van der Waals surface area contributed by atoms with Crippen LogP contribution in [-0.2, 0) is 5.41 Å². The number of hydrogen-bond acceptors (Lipinski definition) is 4. The van der Waals surface area contributed by atoms with Crippen LogP contribution in [0.4, 0.5) is 5.69 Å². The zero-order chi connectivity index (χ0) is 26.3. The molecule has 0 amide bonds. The number of aromatic carboxylic acids is 1. The number of nitriles is 1. The Kier molecular flexibility index (Phi) is 5.81. The van der Waals surface area contributed by atoms with Gasteiger partial charge in [0.2, 0.25) is 0 Å². The highest BCUT2D eigenvalue weighted by Gasteiger charge is 2.22. The van der Waals surface area contributed by atoms with Crippen molar-refractivity contribution in [2.45, 2.75) is 26.2 Å². The van der Waals surface area contributed by atoms with Gasteiger partial charge in [0.15, 0.2) is 0 Å².